The molecule has 0 aliphatic carbocycles. The van der Waals surface area contributed by atoms with Crippen molar-refractivity contribution in [2.24, 2.45) is 0 Å². The van der Waals surface area contributed by atoms with E-state index in [1.807, 2.05) is 32.0 Å². The van der Waals surface area contributed by atoms with E-state index in [2.05, 4.69) is 26.2 Å². The van der Waals surface area contributed by atoms with Gasteiger partial charge in [-0.1, -0.05) is 41.1 Å². The van der Waals surface area contributed by atoms with Crippen LogP contribution in [-0.2, 0) is 6.18 Å². The Morgan fingerprint density at radius 3 is 2.67 bits per heavy atom. The van der Waals surface area contributed by atoms with E-state index in [4.69, 9.17) is 0 Å². The molecule has 0 saturated heterocycles. The summed E-state index contributed by atoms with van der Waals surface area (Å²) in [6.07, 6.45) is -3.10. The summed E-state index contributed by atoms with van der Waals surface area (Å²) >= 11 is 4.19. The second kappa shape index (κ2) is 6.46. The lowest BCUT2D eigenvalue weighted by atomic mass is 10.0. The summed E-state index contributed by atoms with van der Waals surface area (Å²) in [5, 5.41) is 2.41. The Bertz CT molecular complexity index is 625. The topological polar surface area (TPSA) is 24.9 Å². The van der Waals surface area contributed by atoms with Crippen LogP contribution in [0.4, 0.5) is 13.2 Å². The lowest BCUT2D eigenvalue weighted by Gasteiger charge is -2.19. The first-order valence-electron chi connectivity index (χ1n) is 6.36. The van der Waals surface area contributed by atoms with Gasteiger partial charge in [-0.2, -0.15) is 13.2 Å². The molecule has 1 atom stereocenters. The standard InChI is InChI=1S/C14H14BrF3N2S/c1-3-19-12(9-6-4-5-8(2)11(9)15)10-7-20-13(21-10)14(16,17)18/h4-7,12,19H,3H2,1-2H3. The highest BCUT2D eigenvalue weighted by Gasteiger charge is 2.35. The lowest BCUT2D eigenvalue weighted by Crippen LogP contribution is -2.21. The quantitative estimate of drug-likeness (QED) is 0.815. The third-order valence-electron chi connectivity index (χ3n) is 2.99. The van der Waals surface area contributed by atoms with Crippen molar-refractivity contribution in [1.29, 1.82) is 0 Å². The summed E-state index contributed by atoms with van der Waals surface area (Å²) in [6.45, 7) is 4.51. The molecule has 2 aromatic rings. The Morgan fingerprint density at radius 2 is 2.10 bits per heavy atom. The van der Waals surface area contributed by atoms with Crippen LogP contribution in [0.25, 0.3) is 0 Å². The summed E-state index contributed by atoms with van der Waals surface area (Å²) in [6, 6.07) is 5.44. The molecule has 0 radical (unpaired) electrons. The minimum atomic E-state index is -4.40. The van der Waals surface area contributed by atoms with Crippen molar-refractivity contribution in [3.05, 3.63) is 49.9 Å². The van der Waals surface area contributed by atoms with Crippen LogP contribution in [0.3, 0.4) is 0 Å². The number of hydrogen-bond acceptors (Lipinski definition) is 3. The Labute approximate surface area is 133 Å². The number of rotatable bonds is 4. The molecule has 0 aliphatic heterocycles. The highest BCUT2D eigenvalue weighted by atomic mass is 79.9. The average Bonchev–Trinajstić information content (AvgIpc) is 2.89. The molecule has 1 N–H and O–H groups in total. The average molecular weight is 379 g/mol. The van der Waals surface area contributed by atoms with Crippen molar-refractivity contribution in [3.63, 3.8) is 0 Å². The highest BCUT2D eigenvalue weighted by molar-refractivity contribution is 9.10. The van der Waals surface area contributed by atoms with Gasteiger partial charge in [0.05, 0.1) is 6.04 Å². The first-order chi connectivity index (χ1) is 9.84. The number of nitrogens with zero attached hydrogens (tertiary/aromatic N) is 1. The van der Waals surface area contributed by atoms with Crippen LogP contribution in [-0.4, -0.2) is 11.5 Å². The summed E-state index contributed by atoms with van der Waals surface area (Å²) in [4.78, 5) is 4.06. The Hall–Kier alpha value is -0.920. The number of aryl methyl sites for hydroxylation is 1. The highest BCUT2D eigenvalue weighted by Crippen LogP contribution is 2.38. The zero-order valence-corrected chi connectivity index (χ0v) is 13.9. The zero-order valence-electron chi connectivity index (χ0n) is 11.5. The van der Waals surface area contributed by atoms with Gasteiger partial charge in [-0.25, -0.2) is 4.98 Å². The maximum atomic E-state index is 12.7. The first kappa shape index (κ1) is 16.5. The van der Waals surface area contributed by atoms with Crippen LogP contribution in [0, 0.1) is 6.92 Å². The smallest absolute Gasteiger partial charge is 0.306 e. The molecule has 0 bridgehead atoms. The van der Waals surface area contributed by atoms with Gasteiger partial charge in [-0.15, -0.1) is 11.3 Å². The molecule has 2 nitrogen and oxygen atoms in total. The van der Waals surface area contributed by atoms with Crippen molar-refractivity contribution >= 4 is 27.3 Å². The van der Waals surface area contributed by atoms with Gasteiger partial charge in [0.25, 0.3) is 0 Å². The van der Waals surface area contributed by atoms with E-state index in [-0.39, 0.29) is 6.04 Å². The van der Waals surface area contributed by atoms with Gasteiger partial charge in [0.1, 0.15) is 0 Å². The minimum absolute atomic E-state index is 0.308. The summed E-state index contributed by atoms with van der Waals surface area (Å²) in [5.74, 6) is 0. The maximum Gasteiger partial charge on any atom is 0.443 e. The van der Waals surface area contributed by atoms with Crippen molar-refractivity contribution in [3.8, 4) is 0 Å². The predicted molar refractivity (Wildman–Crippen MR) is 81.5 cm³/mol. The lowest BCUT2D eigenvalue weighted by molar-refractivity contribution is -0.137. The number of thiazole rings is 1. The second-order valence-corrected chi connectivity index (χ2v) is 6.39. The molecule has 7 heteroatoms. The van der Waals surface area contributed by atoms with Gasteiger partial charge < -0.3 is 5.32 Å². The van der Waals surface area contributed by atoms with Gasteiger partial charge in [0, 0.05) is 15.5 Å². The van der Waals surface area contributed by atoms with E-state index in [0.29, 0.717) is 22.8 Å². The molecule has 1 aromatic carbocycles. The molecule has 0 amide bonds. The summed E-state index contributed by atoms with van der Waals surface area (Å²) in [5.41, 5.74) is 1.95. The molecular weight excluding hydrogens is 365 g/mol. The van der Waals surface area contributed by atoms with Crippen LogP contribution in [0.1, 0.15) is 34.0 Å². The molecule has 0 spiro atoms. The van der Waals surface area contributed by atoms with E-state index in [1.54, 1.807) is 0 Å². The van der Waals surface area contributed by atoms with Crippen molar-refractivity contribution in [2.45, 2.75) is 26.1 Å². The molecule has 1 unspecified atom stereocenters. The maximum absolute atomic E-state index is 12.7. The molecule has 1 aromatic heterocycles. The number of halogens is 4. The molecule has 0 fully saturated rings. The summed E-state index contributed by atoms with van der Waals surface area (Å²) in [7, 11) is 0. The SMILES string of the molecule is CCNC(c1cnc(C(F)(F)F)s1)c1cccc(C)c1Br. The largest absolute Gasteiger partial charge is 0.443 e. The van der Waals surface area contributed by atoms with Gasteiger partial charge in [0.15, 0.2) is 5.01 Å². The van der Waals surface area contributed by atoms with E-state index >= 15 is 0 Å². The van der Waals surface area contributed by atoms with Gasteiger partial charge in [0.2, 0.25) is 0 Å². The van der Waals surface area contributed by atoms with E-state index in [1.165, 1.54) is 6.20 Å². The zero-order chi connectivity index (χ0) is 15.6. The molecular formula is C14H14BrF3N2S. The molecule has 0 aliphatic rings. The molecule has 0 saturated carbocycles. The molecule has 21 heavy (non-hydrogen) atoms. The molecule has 114 valence electrons. The number of aromatic nitrogens is 1. The summed E-state index contributed by atoms with van der Waals surface area (Å²) < 4.78 is 39.0. The number of hydrogen-bond donors (Lipinski definition) is 1. The van der Waals surface area contributed by atoms with E-state index < -0.39 is 11.2 Å². The van der Waals surface area contributed by atoms with Crippen molar-refractivity contribution in [1.82, 2.24) is 10.3 Å². The predicted octanol–water partition coefficient (Wildman–Crippen LogP) is 4.93. The fraction of sp³-hybridized carbons (Fsp3) is 0.357. The molecule has 1 heterocycles. The fourth-order valence-electron chi connectivity index (χ4n) is 2.01. The van der Waals surface area contributed by atoms with Crippen LogP contribution in [0.2, 0.25) is 0 Å². The van der Waals surface area contributed by atoms with Crippen molar-refractivity contribution < 1.29 is 13.2 Å². The van der Waals surface area contributed by atoms with Crippen LogP contribution in [0.15, 0.2) is 28.9 Å². The number of alkyl halides is 3. The third-order valence-corrected chi connectivity index (χ3v) is 5.18. The van der Waals surface area contributed by atoms with E-state index in [0.717, 1.165) is 15.6 Å². The van der Waals surface area contributed by atoms with Crippen LogP contribution in [0.5, 0.6) is 0 Å². The first-order valence-corrected chi connectivity index (χ1v) is 7.96. The van der Waals surface area contributed by atoms with E-state index in [9.17, 15) is 13.2 Å². The second-order valence-electron chi connectivity index (χ2n) is 4.53. The Kier molecular flexibility index (Phi) is 5.06. The normalized spacial score (nSPS) is 13.4. The fourth-order valence-corrected chi connectivity index (χ4v) is 3.38. The third kappa shape index (κ3) is 3.64. The number of nitrogens with one attached hydrogen (secondary N) is 1. The van der Waals surface area contributed by atoms with Crippen LogP contribution >= 0.6 is 27.3 Å². The van der Waals surface area contributed by atoms with Crippen molar-refractivity contribution in [2.75, 3.05) is 6.54 Å². The van der Waals surface area contributed by atoms with Crippen LogP contribution < -0.4 is 5.32 Å². The van der Waals surface area contributed by atoms with Gasteiger partial charge >= 0.3 is 6.18 Å². The minimum Gasteiger partial charge on any atom is -0.306 e. The van der Waals surface area contributed by atoms with Gasteiger partial charge in [-0.3, -0.25) is 0 Å². The molecule has 2 rings (SSSR count). The Balaban J connectivity index is 2.44. The monoisotopic (exact) mass is 378 g/mol. The number of benzene rings is 1. The Morgan fingerprint density at radius 1 is 1.38 bits per heavy atom. The van der Waals surface area contributed by atoms with Gasteiger partial charge in [-0.05, 0) is 24.6 Å².